The highest BCUT2D eigenvalue weighted by Crippen LogP contribution is 2.45. The third-order valence-corrected chi connectivity index (χ3v) is 6.21. The number of nitrogens with zero attached hydrogens (tertiary/aromatic N) is 1. The summed E-state index contributed by atoms with van der Waals surface area (Å²) < 4.78 is 9.91. The van der Waals surface area contributed by atoms with Crippen LogP contribution in [0.5, 0.6) is 0 Å². The zero-order chi connectivity index (χ0) is 21.7. The van der Waals surface area contributed by atoms with Gasteiger partial charge in [-0.25, -0.2) is 9.59 Å². The number of esters is 2. The molecular formula is C22H22N2O5S. The highest BCUT2D eigenvalue weighted by molar-refractivity contribution is 7.17. The summed E-state index contributed by atoms with van der Waals surface area (Å²) in [6.45, 7) is 3.55. The normalized spacial score (nSPS) is 17.4. The Morgan fingerprint density at radius 2 is 1.87 bits per heavy atom. The first-order valence-corrected chi connectivity index (χ1v) is 10.5. The molecule has 7 nitrogen and oxygen atoms in total. The number of nitriles is 1. The van der Waals surface area contributed by atoms with E-state index in [1.54, 1.807) is 13.8 Å². The van der Waals surface area contributed by atoms with Crippen LogP contribution in [0.3, 0.4) is 0 Å². The molecule has 1 aromatic carbocycles. The number of carbonyl (C=O) groups is 3. The van der Waals surface area contributed by atoms with E-state index in [0.717, 1.165) is 16.0 Å². The summed E-state index contributed by atoms with van der Waals surface area (Å²) >= 11 is 1.20. The summed E-state index contributed by atoms with van der Waals surface area (Å²) in [6, 6.07) is 12.0. The first-order valence-electron chi connectivity index (χ1n) is 9.72. The number of amides is 1. The summed E-state index contributed by atoms with van der Waals surface area (Å²) in [7, 11) is 0. The maximum Gasteiger partial charge on any atom is 0.397 e. The van der Waals surface area contributed by atoms with Crippen LogP contribution in [0.1, 0.15) is 46.6 Å². The van der Waals surface area contributed by atoms with Gasteiger partial charge in [-0.3, -0.25) is 4.79 Å². The van der Waals surface area contributed by atoms with E-state index in [1.807, 2.05) is 30.3 Å². The number of thiophene rings is 1. The topological polar surface area (TPSA) is 105 Å². The molecule has 0 aliphatic heterocycles. The van der Waals surface area contributed by atoms with Gasteiger partial charge in [0.25, 0.3) is 0 Å². The van der Waals surface area contributed by atoms with E-state index in [-0.39, 0.29) is 23.8 Å². The molecule has 0 unspecified atom stereocenters. The van der Waals surface area contributed by atoms with Crippen LogP contribution in [-0.4, -0.2) is 31.1 Å². The average molecular weight is 426 g/mol. The van der Waals surface area contributed by atoms with E-state index in [2.05, 4.69) is 11.4 Å². The molecule has 0 saturated carbocycles. The third-order valence-electron chi connectivity index (χ3n) is 5.06. The Hall–Kier alpha value is -3.18. The molecule has 0 bridgehead atoms. The minimum absolute atomic E-state index is 0.0691. The van der Waals surface area contributed by atoms with Crippen molar-refractivity contribution in [2.24, 2.45) is 0 Å². The molecule has 0 radical (unpaired) electrons. The van der Waals surface area contributed by atoms with Gasteiger partial charge in [-0.2, -0.15) is 5.26 Å². The molecule has 30 heavy (non-hydrogen) atoms. The molecule has 1 heterocycles. The first-order chi connectivity index (χ1) is 14.5. The molecule has 3 rings (SSSR count). The largest absolute Gasteiger partial charge is 0.462 e. The lowest BCUT2D eigenvalue weighted by atomic mass is 9.70. The molecule has 2 aromatic rings. The molecule has 1 N–H and O–H groups in total. The van der Waals surface area contributed by atoms with Gasteiger partial charge in [0.1, 0.15) is 5.00 Å². The van der Waals surface area contributed by atoms with E-state index in [4.69, 9.17) is 9.47 Å². The fraction of sp³-hybridized carbons (Fsp3) is 0.364. The van der Waals surface area contributed by atoms with Crippen molar-refractivity contribution in [3.8, 4) is 6.07 Å². The van der Waals surface area contributed by atoms with E-state index >= 15 is 0 Å². The molecule has 0 saturated heterocycles. The number of carbonyl (C=O) groups excluding carboxylic acids is 3. The maximum atomic E-state index is 12.6. The van der Waals surface area contributed by atoms with Crippen LogP contribution in [0.2, 0.25) is 0 Å². The summed E-state index contributed by atoms with van der Waals surface area (Å²) in [5.74, 6) is -2.52. The second-order valence-corrected chi connectivity index (χ2v) is 7.94. The van der Waals surface area contributed by atoms with E-state index in [0.29, 0.717) is 19.3 Å². The number of fused-ring (bicyclic) bond motifs is 1. The predicted molar refractivity (Wildman–Crippen MR) is 111 cm³/mol. The molecule has 0 spiro atoms. The zero-order valence-electron chi connectivity index (χ0n) is 16.8. The average Bonchev–Trinajstić information content (AvgIpc) is 3.11. The second-order valence-electron chi connectivity index (χ2n) is 6.84. The third kappa shape index (κ3) is 4.07. The van der Waals surface area contributed by atoms with Crippen molar-refractivity contribution >= 4 is 34.2 Å². The van der Waals surface area contributed by atoms with Gasteiger partial charge in [-0.15, -0.1) is 11.3 Å². The Morgan fingerprint density at radius 1 is 1.17 bits per heavy atom. The molecule has 8 heteroatoms. The number of rotatable bonds is 5. The van der Waals surface area contributed by atoms with Crippen LogP contribution in [0, 0.1) is 11.3 Å². The van der Waals surface area contributed by atoms with Gasteiger partial charge in [-0.1, -0.05) is 30.3 Å². The lowest BCUT2D eigenvalue weighted by Gasteiger charge is -2.31. The quantitative estimate of drug-likeness (QED) is 0.580. The van der Waals surface area contributed by atoms with E-state index in [9.17, 15) is 19.6 Å². The van der Waals surface area contributed by atoms with Crippen LogP contribution in [-0.2, 0) is 37.3 Å². The van der Waals surface area contributed by atoms with E-state index < -0.39 is 23.3 Å². The van der Waals surface area contributed by atoms with Crippen molar-refractivity contribution in [3.63, 3.8) is 0 Å². The van der Waals surface area contributed by atoms with Crippen LogP contribution < -0.4 is 5.32 Å². The van der Waals surface area contributed by atoms with Crippen molar-refractivity contribution in [3.05, 3.63) is 51.9 Å². The Morgan fingerprint density at radius 3 is 2.50 bits per heavy atom. The number of benzene rings is 1. The molecule has 1 atom stereocenters. The van der Waals surface area contributed by atoms with Crippen molar-refractivity contribution in [2.75, 3.05) is 18.5 Å². The van der Waals surface area contributed by atoms with Crippen molar-refractivity contribution in [1.29, 1.82) is 5.26 Å². The highest BCUT2D eigenvalue weighted by Gasteiger charge is 2.40. The van der Waals surface area contributed by atoms with Gasteiger partial charge in [-0.05, 0) is 37.8 Å². The van der Waals surface area contributed by atoms with Gasteiger partial charge in [0.05, 0.1) is 30.3 Å². The lowest BCUT2D eigenvalue weighted by molar-refractivity contribution is -0.152. The minimum Gasteiger partial charge on any atom is -0.462 e. The first kappa shape index (κ1) is 21.5. The number of nitrogens with one attached hydrogen (secondary N) is 1. The fourth-order valence-corrected chi connectivity index (χ4v) is 4.99. The molecule has 1 aliphatic rings. The molecular weight excluding hydrogens is 404 g/mol. The lowest BCUT2D eigenvalue weighted by Crippen LogP contribution is -2.31. The smallest absolute Gasteiger partial charge is 0.397 e. The number of hydrogen-bond acceptors (Lipinski definition) is 7. The second kappa shape index (κ2) is 9.09. The summed E-state index contributed by atoms with van der Waals surface area (Å²) in [6.07, 6.45) is 1.43. The molecule has 1 aliphatic carbocycles. The predicted octanol–water partition coefficient (Wildman–Crippen LogP) is 3.38. The van der Waals surface area contributed by atoms with Crippen LogP contribution >= 0.6 is 11.3 Å². The Bertz CT molecular complexity index is 1010. The summed E-state index contributed by atoms with van der Waals surface area (Å²) in [5, 5.41) is 12.7. The highest BCUT2D eigenvalue weighted by atomic mass is 32.1. The van der Waals surface area contributed by atoms with Crippen molar-refractivity contribution in [2.45, 2.75) is 38.5 Å². The Kier molecular flexibility index (Phi) is 6.53. The SMILES string of the molecule is CCOC(=O)C(=O)Nc1sc2c(c1C(=O)OCC)CC[C@@](C#N)(c1ccccc1)C2. The van der Waals surface area contributed by atoms with Crippen molar-refractivity contribution in [1.82, 2.24) is 0 Å². The van der Waals surface area contributed by atoms with Gasteiger partial charge in [0.2, 0.25) is 0 Å². The summed E-state index contributed by atoms with van der Waals surface area (Å²) in [5.41, 5.74) is 1.22. The van der Waals surface area contributed by atoms with Crippen LogP contribution in [0.4, 0.5) is 5.00 Å². The molecule has 156 valence electrons. The number of hydrogen-bond donors (Lipinski definition) is 1. The molecule has 0 fully saturated rings. The monoisotopic (exact) mass is 426 g/mol. The standard InChI is InChI=1S/C22H22N2O5S/c1-3-28-20(26)17-15-10-11-22(13-23,14-8-6-5-7-9-14)12-16(15)30-19(17)24-18(25)21(27)29-4-2/h5-9H,3-4,10-12H2,1-2H3,(H,24,25)/t22-/m1/s1. The Balaban J connectivity index is 2.00. The number of anilines is 1. The minimum atomic E-state index is -1.02. The molecule has 1 amide bonds. The molecule has 1 aromatic heterocycles. The zero-order valence-corrected chi connectivity index (χ0v) is 17.6. The van der Waals surface area contributed by atoms with Gasteiger partial charge in [0, 0.05) is 11.3 Å². The summed E-state index contributed by atoms with van der Waals surface area (Å²) in [4.78, 5) is 37.4. The number of ether oxygens (including phenoxy) is 2. The van der Waals surface area contributed by atoms with Crippen LogP contribution in [0.25, 0.3) is 0 Å². The van der Waals surface area contributed by atoms with Gasteiger partial charge >= 0.3 is 17.8 Å². The van der Waals surface area contributed by atoms with Crippen LogP contribution in [0.15, 0.2) is 30.3 Å². The van der Waals surface area contributed by atoms with E-state index in [1.165, 1.54) is 11.3 Å². The Labute approximate surface area is 178 Å². The fourth-order valence-electron chi connectivity index (χ4n) is 3.64. The van der Waals surface area contributed by atoms with Crippen molar-refractivity contribution < 1.29 is 23.9 Å². The van der Waals surface area contributed by atoms with Gasteiger partial charge in [0.15, 0.2) is 0 Å². The van der Waals surface area contributed by atoms with Gasteiger partial charge < -0.3 is 14.8 Å². The maximum absolute atomic E-state index is 12.6.